The first-order valence-electron chi connectivity index (χ1n) is 8.77. The average Bonchev–Trinajstić information content (AvgIpc) is 3.22. The molecule has 6 nitrogen and oxygen atoms in total. The van der Waals surface area contributed by atoms with E-state index in [0.29, 0.717) is 11.7 Å². The Labute approximate surface area is 166 Å². The Balaban J connectivity index is 1.94. The zero-order chi connectivity index (χ0) is 19.8. The molecule has 0 aliphatic heterocycles. The van der Waals surface area contributed by atoms with E-state index in [1.807, 2.05) is 0 Å². The van der Waals surface area contributed by atoms with Gasteiger partial charge in [-0.25, -0.2) is 4.98 Å². The number of hydrogen-bond acceptors (Lipinski definition) is 6. The molecule has 0 aromatic carbocycles. The molecule has 0 atom stereocenters. The van der Waals surface area contributed by atoms with Crippen molar-refractivity contribution in [1.29, 1.82) is 5.26 Å². The standard InChI is InChI=1S/C19H22N4O2S2/c1-5-9-23-17(25)15-12-7-6-8-13(12)27-16(15)21-18(23)26-10-14(24)22(4)19(2,3)11-20/h5H,1,6-10H2,2-4H3. The number of hydrogen-bond donors (Lipinski definition) is 0. The lowest BCUT2D eigenvalue weighted by Gasteiger charge is -2.29. The number of thioether (sulfide) groups is 1. The highest BCUT2D eigenvalue weighted by Gasteiger charge is 2.28. The largest absolute Gasteiger partial charge is 0.327 e. The van der Waals surface area contributed by atoms with Crippen molar-refractivity contribution in [2.75, 3.05) is 12.8 Å². The number of rotatable bonds is 6. The van der Waals surface area contributed by atoms with Crippen molar-refractivity contribution in [2.45, 2.75) is 50.4 Å². The number of amides is 1. The summed E-state index contributed by atoms with van der Waals surface area (Å²) in [6, 6.07) is 2.12. The van der Waals surface area contributed by atoms with Crippen molar-refractivity contribution in [3.05, 3.63) is 33.4 Å². The maximum Gasteiger partial charge on any atom is 0.263 e. The third kappa shape index (κ3) is 3.54. The summed E-state index contributed by atoms with van der Waals surface area (Å²) in [4.78, 5) is 33.7. The monoisotopic (exact) mass is 402 g/mol. The smallest absolute Gasteiger partial charge is 0.263 e. The lowest BCUT2D eigenvalue weighted by Crippen LogP contribution is -2.44. The van der Waals surface area contributed by atoms with E-state index < -0.39 is 5.54 Å². The molecular formula is C19H22N4O2S2. The van der Waals surface area contributed by atoms with Crippen molar-refractivity contribution >= 4 is 39.2 Å². The Morgan fingerprint density at radius 3 is 2.93 bits per heavy atom. The number of fused-ring (bicyclic) bond motifs is 3. The summed E-state index contributed by atoms with van der Waals surface area (Å²) in [5, 5.41) is 10.5. The van der Waals surface area contributed by atoms with E-state index in [2.05, 4.69) is 12.6 Å². The Hall–Kier alpha value is -2.11. The lowest BCUT2D eigenvalue weighted by molar-refractivity contribution is -0.130. The van der Waals surface area contributed by atoms with Gasteiger partial charge in [0.05, 0.1) is 17.2 Å². The maximum atomic E-state index is 13.1. The minimum absolute atomic E-state index is 0.0556. The zero-order valence-electron chi connectivity index (χ0n) is 15.7. The van der Waals surface area contributed by atoms with E-state index in [1.54, 1.807) is 42.9 Å². The molecule has 0 saturated carbocycles. The molecule has 27 heavy (non-hydrogen) atoms. The summed E-state index contributed by atoms with van der Waals surface area (Å²) in [6.07, 6.45) is 4.69. The number of carbonyl (C=O) groups excluding carboxylic acids is 1. The Morgan fingerprint density at radius 1 is 1.52 bits per heavy atom. The molecule has 1 aliphatic carbocycles. The van der Waals surface area contributed by atoms with Gasteiger partial charge in [0, 0.05) is 18.5 Å². The van der Waals surface area contributed by atoms with E-state index in [4.69, 9.17) is 4.98 Å². The topological polar surface area (TPSA) is 79.0 Å². The van der Waals surface area contributed by atoms with Gasteiger partial charge in [-0.05, 0) is 38.7 Å². The van der Waals surface area contributed by atoms with Crippen LogP contribution >= 0.6 is 23.1 Å². The number of nitrogens with zero attached hydrogens (tertiary/aromatic N) is 4. The number of carbonyl (C=O) groups is 1. The van der Waals surface area contributed by atoms with Crippen molar-refractivity contribution in [3.63, 3.8) is 0 Å². The zero-order valence-corrected chi connectivity index (χ0v) is 17.4. The van der Waals surface area contributed by atoms with Gasteiger partial charge in [0.2, 0.25) is 5.91 Å². The van der Waals surface area contributed by atoms with Crippen LogP contribution in [0.25, 0.3) is 10.2 Å². The predicted molar refractivity (Wildman–Crippen MR) is 109 cm³/mol. The van der Waals surface area contributed by atoms with Gasteiger partial charge in [-0.2, -0.15) is 5.26 Å². The number of aryl methyl sites for hydroxylation is 2. The van der Waals surface area contributed by atoms with Gasteiger partial charge >= 0.3 is 0 Å². The summed E-state index contributed by atoms with van der Waals surface area (Å²) in [7, 11) is 1.61. The van der Waals surface area contributed by atoms with E-state index in [9.17, 15) is 14.9 Å². The molecular weight excluding hydrogens is 380 g/mol. The van der Waals surface area contributed by atoms with E-state index in [0.717, 1.165) is 35.0 Å². The summed E-state index contributed by atoms with van der Waals surface area (Å²) >= 11 is 2.82. The molecule has 0 bridgehead atoms. The number of thiophene rings is 1. The van der Waals surface area contributed by atoms with Crippen molar-refractivity contribution in [2.24, 2.45) is 0 Å². The summed E-state index contributed by atoms with van der Waals surface area (Å²) in [5.41, 5.74) is 0.207. The maximum absolute atomic E-state index is 13.1. The van der Waals surface area contributed by atoms with Crippen LogP contribution in [-0.2, 0) is 24.2 Å². The molecule has 2 aromatic heterocycles. The van der Waals surface area contributed by atoms with Crippen molar-refractivity contribution in [3.8, 4) is 6.07 Å². The third-order valence-corrected chi connectivity index (χ3v) is 7.06. The number of allylic oxidation sites excluding steroid dienone is 1. The van der Waals surface area contributed by atoms with Gasteiger partial charge in [-0.3, -0.25) is 14.2 Å². The molecule has 0 radical (unpaired) electrons. The fourth-order valence-electron chi connectivity index (χ4n) is 3.07. The molecule has 8 heteroatoms. The summed E-state index contributed by atoms with van der Waals surface area (Å²) in [6.45, 7) is 7.48. The lowest BCUT2D eigenvalue weighted by atomic mass is 10.1. The van der Waals surface area contributed by atoms with Crippen LogP contribution in [-0.4, -0.2) is 38.7 Å². The Kier molecular flexibility index (Phi) is 5.45. The molecule has 3 rings (SSSR count). The minimum Gasteiger partial charge on any atom is -0.327 e. The van der Waals surface area contributed by atoms with E-state index in [-0.39, 0.29) is 17.2 Å². The first kappa shape index (κ1) is 19.6. The highest BCUT2D eigenvalue weighted by atomic mass is 32.2. The highest BCUT2D eigenvalue weighted by Crippen LogP contribution is 2.35. The highest BCUT2D eigenvalue weighted by molar-refractivity contribution is 7.99. The predicted octanol–water partition coefficient (Wildman–Crippen LogP) is 2.99. The van der Waals surface area contributed by atoms with Crippen LogP contribution in [0.1, 0.15) is 30.7 Å². The fraction of sp³-hybridized carbons (Fsp3) is 0.474. The van der Waals surface area contributed by atoms with Gasteiger partial charge in [0.15, 0.2) is 5.16 Å². The average molecular weight is 403 g/mol. The molecule has 0 spiro atoms. The van der Waals surface area contributed by atoms with Crippen molar-refractivity contribution < 1.29 is 4.79 Å². The van der Waals surface area contributed by atoms with E-state index >= 15 is 0 Å². The van der Waals surface area contributed by atoms with Gasteiger partial charge < -0.3 is 4.90 Å². The second-order valence-corrected chi connectivity index (χ2v) is 9.07. The summed E-state index contributed by atoms with van der Waals surface area (Å²) < 4.78 is 1.59. The molecule has 142 valence electrons. The van der Waals surface area contributed by atoms with Crippen LogP contribution in [0.2, 0.25) is 0 Å². The van der Waals surface area contributed by atoms with Crippen LogP contribution in [0.5, 0.6) is 0 Å². The Morgan fingerprint density at radius 2 is 2.26 bits per heavy atom. The third-order valence-electron chi connectivity index (χ3n) is 4.91. The molecule has 1 amide bonds. The summed E-state index contributed by atoms with van der Waals surface area (Å²) in [5.74, 6) is -0.0679. The quantitative estimate of drug-likeness (QED) is 0.422. The normalized spacial score (nSPS) is 13.4. The molecule has 0 unspecified atom stereocenters. The molecule has 0 N–H and O–H groups in total. The molecule has 2 heterocycles. The van der Waals surface area contributed by atoms with Crippen LogP contribution < -0.4 is 5.56 Å². The van der Waals surface area contributed by atoms with Gasteiger partial charge in [-0.1, -0.05) is 17.8 Å². The van der Waals surface area contributed by atoms with Gasteiger partial charge in [-0.15, -0.1) is 17.9 Å². The van der Waals surface area contributed by atoms with Crippen LogP contribution in [0, 0.1) is 11.3 Å². The van der Waals surface area contributed by atoms with Crippen LogP contribution in [0.15, 0.2) is 22.6 Å². The van der Waals surface area contributed by atoms with E-state index in [1.165, 1.54) is 21.5 Å². The number of aromatic nitrogens is 2. The minimum atomic E-state index is -0.885. The Bertz CT molecular complexity index is 1010. The molecule has 0 saturated heterocycles. The SMILES string of the molecule is C=CCn1c(SCC(=O)N(C)C(C)(C)C#N)nc2sc3c(c2c1=O)CCC3. The molecule has 2 aromatic rings. The van der Waals surface area contributed by atoms with Gasteiger partial charge in [0.1, 0.15) is 10.4 Å². The number of nitriles is 1. The van der Waals surface area contributed by atoms with Gasteiger partial charge in [0.25, 0.3) is 5.56 Å². The first-order valence-corrected chi connectivity index (χ1v) is 10.6. The fourth-order valence-corrected chi connectivity index (χ4v) is 5.29. The molecule has 1 aliphatic rings. The molecule has 0 fully saturated rings. The first-order chi connectivity index (χ1) is 12.8. The van der Waals surface area contributed by atoms with Crippen LogP contribution in [0.3, 0.4) is 0 Å². The van der Waals surface area contributed by atoms with Crippen LogP contribution in [0.4, 0.5) is 0 Å². The second kappa shape index (κ2) is 7.49. The second-order valence-electron chi connectivity index (χ2n) is 7.05. The van der Waals surface area contributed by atoms with Crippen molar-refractivity contribution in [1.82, 2.24) is 14.5 Å².